The van der Waals surface area contributed by atoms with E-state index < -0.39 is 6.10 Å². The van der Waals surface area contributed by atoms with E-state index in [1.165, 1.54) is 45.3 Å². The van der Waals surface area contributed by atoms with Crippen molar-refractivity contribution < 1.29 is 9.84 Å². The first kappa shape index (κ1) is 20.9. The molecule has 2 fully saturated rings. The van der Waals surface area contributed by atoms with Crippen LogP contribution in [0.25, 0.3) is 0 Å². The summed E-state index contributed by atoms with van der Waals surface area (Å²) in [6, 6.07) is 7.55. The van der Waals surface area contributed by atoms with E-state index in [-0.39, 0.29) is 0 Å². The van der Waals surface area contributed by atoms with E-state index in [1.54, 1.807) is 7.11 Å². The number of benzene rings is 1. The lowest BCUT2D eigenvalue weighted by Crippen LogP contribution is -2.41. The molecule has 6 nitrogen and oxygen atoms in total. The number of aliphatic imine (C=N–C) groups is 1. The van der Waals surface area contributed by atoms with Crippen molar-refractivity contribution in [1.29, 1.82) is 0 Å². The molecule has 0 aromatic heterocycles. The summed E-state index contributed by atoms with van der Waals surface area (Å²) in [5.41, 5.74) is 0.866. The third-order valence-corrected chi connectivity index (χ3v) is 5.80. The summed E-state index contributed by atoms with van der Waals surface area (Å²) >= 11 is 0. The van der Waals surface area contributed by atoms with Gasteiger partial charge in [0.25, 0.3) is 0 Å². The Labute approximate surface area is 169 Å². The van der Waals surface area contributed by atoms with Gasteiger partial charge >= 0.3 is 0 Å². The Morgan fingerprint density at radius 2 is 1.96 bits per heavy atom. The van der Waals surface area contributed by atoms with Gasteiger partial charge in [-0.05, 0) is 62.9 Å². The molecule has 0 aliphatic carbocycles. The highest BCUT2D eigenvalue weighted by Crippen LogP contribution is 2.21. The van der Waals surface area contributed by atoms with Gasteiger partial charge in [0.05, 0.1) is 19.8 Å². The van der Waals surface area contributed by atoms with Gasteiger partial charge in [-0.1, -0.05) is 18.6 Å². The van der Waals surface area contributed by atoms with E-state index in [0.29, 0.717) is 12.5 Å². The zero-order valence-electron chi connectivity index (χ0n) is 17.4. The Balaban J connectivity index is 1.54. The molecule has 28 heavy (non-hydrogen) atoms. The van der Waals surface area contributed by atoms with Crippen LogP contribution in [-0.4, -0.2) is 73.8 Å². The lowest BCUT2D eigenvalue weighted by Gasteiger charge is -2.29. The molecule has 2 N–H and O–H groups in total. The number of hydrogen-bond acceptors (Lipinski definition) is 4. The first-order chi connectivity index (χ1) is 13.7. The van der Waals surface area contributed by atoms with Crippen molar-refractivity contribution in [3.05, 3.63) is 29.8 Å². The Kier molecular flexibility index (Phi) is 7.98. The Hall–Kier alpha value is -1.79. The van der Waals surface area contributed by atoms with E-state index in [2.05, 4.69) is 22.0 Å². The van der Waals surface area contributed by atoms with Crippen molar-refractivity contribution >= 4 is 5.96 Å². The van der Waals surface area contributed by atoms with Gasteiger partial charge in [0.1, 0.15) is 5.75 Å². The van der Waals surface area contributed by atoms with Crippen LogP contribution in [0.15, 0.2) is 29.3 Å². The van der Waals surface area contributed by atoms with Crippen molar-refractivity contribution in [2.24, 2.45) is 10.9 Å². The van der Waals surface area contributed by atoms with E-state index in [0.717, 1.165) is 36.9 Å². The van der Waals surface area contributed by atoms with E-state index in [4.69, 9.17) is 9.73 Å². The molecule has 2 saturated heterocycles. The molecule has 0 bridgehead atoms. The number of guanidine groups is 1. The minimum Gasteiger partial charge on any atom is -0.497 e. The van der Waals surface area contributed by atoms with E-state index in [1.807, 2.05) is 24.3 Å². The third kappa shape index (κ3) is 5.85. The zero-order valence-corrected chi connectivity index (χ0v) is 17.4. The summed E-state index contributed by atoms with van der Waals surface area (Å²) in [5, 5.41) is 13.9. The smallest absolute Gasteiger partial charge is 0.194 e. The van der Waals surface area contributed by atoms with Crippen molar-refractivity contribution in [3.8, 4) is 5.75 Å². The fourth-order valence-corrected chi connectivity index (χ4v) is 4.21. The van der Waals surface area contributed by atoms with Crippen LogP contribution in [0, 0.1) is 5.92 Å². The van der Waals surface area contributed by atoms with Crippen molar-refractivity contribution in [2.75, 3.05) is 52.9 Å². The quantitative estimate of drug-likeness (QED) is 0.555. The Morgan fingerprint density at radius 1 is 1.21 bits per heavy atom. The number of methoxy groups -OCH3 is 1. The van der Waals surface area contributed by atoms with Gasteiger partial charge < -0.3 is 25.0 Å². The van der Waals surface area contributed by atoms with E-state index >= 15 is 0 Å². The number of nitrogens with zero attached hydrogens (tertiary/aromatic N) is 3. The first-order valence-corrected chi connectivity index (χ1v) is 10.8. The molecule has 2 aliphatic rings. The van der Waals surface area contributed by atoms with Gasteiger partial charge in [0, 0.05) is 26.2 Å². The Bertz CT molecular complexity index is 613. The minimum atomic E-state index is -0.605. The molecule has 1 aromatic carbocycles. The van der Waals surface area contributed by atoms with Gasteiger partial charge in [-0.3, -0.25) is 4.99 Å². The van der Waals surface area contributed by atoms with Crippen molar-refractivity contribution in [3.63, 3.8) is 0 Å². The van der Waals surface area contributed by atoms with E-state index in [9.17, 15) is 5.11 Å². The normalized spacial score (nSPS) is 22.3. The molecular formula is C22H36N4O2. The number of rotatable bonds is 7. The number of hydrogen-bond donors (Lipinski definition) is 2. The fourth-order valence-electron chi connectivity index (χ4n) is 4.21. The molecule has 0 radical (unpaired) electrons. The van der Waals surface area contributed by atoms with Crippen LogP contribution < -0.4 is 10.1 Å². The van der Waals surface area contributed by atoms with Gasteiger partial charge in [0.15, 0.2) is 5.96 Å². The molecule has 2 unspecified atom stereocenters. The number of nitrogens with one attached hydrogen (secondary N) is 1. The summed E-state index contributed by atoms with van der Waals surface area (Å²) in [4.78, 5) is 9.73. The standard InChI is InChI=1S/C22H36N4O2/c1-3-23-22(24-15-21(27)19-7-9-20(28-2)10-8-19)26-14-11-18(17-26)16-25-12-5-4-6-13-25/h7-10,18,21,27H,3-6,11-17H2,1-2H3,(H,23,24). The van der Waals surface area contributed by atoms with Gasteiger partial charge in [-0.25, -0.2) is 0 Å². The van der Waals surface area contributed by atoms with Crippen LogP contribution in [0.2, 0.25) is 0 Å². The summed E-state index contributed by atoms with van der Waals surface area (Å²) in [5.74, 6) is 2.44. The molecule has 156 valence electrons. The van der Waals surface area contributed by atoms with Crippen molar-refractivity contribution in [1.82, 2.24) is 15.1 Å². The maximum absolute atomic E-state index is 10.5. The summed E-state index contributed by atoms with van der Waals surface area (Å²) < 4.78 is 5.18. The lowest BCUT2D eigenvalue weighted by molar-refractivity contribution is 0.186. The van der Waals surface area contributed by atoms with Crippen LogP contribution in [-0.2, 0) is 0 Å². The number of aliphatic hydroxyl groups is 1. The van der Waals surface area contributed by atoms with Gasteiger partial charge in [-0.2, -0.15) is 0 Å². The second-order valence-corrected chi connectivity index (χ2v) is 7.95. The Morgan fingerprint density at radius 3 is 2.64 bits per heavy atom. The molecule has 0 saturated carbocycles. The highest BCUT2D eigenvalue weighted by Gasteiger charge is 2.27. The first-order valence-electron chi connectivity index (χ1n) is 10.8. The lowest BCUT2D eigenvalue weighted by atomic mass is 10.1. The van der Waals surface area contributed by atoms with Crippen LogP contribution >= 0.6 is 0 Å². The molecule has 2 aliphatic heterocycles. The molecule has 3 rings (SSSR count). The SMILES string of the molecule is CCNC(=NCC(O)c1ccc(OC)cc1)N1CCC(CN2CCCCC2)C1. The molecule has 2 atom stereocenters. The highest BCUT2D eigenvalue weighted by molar-refractivity contribution is 5.80. The average Bonchev–Trinajstić information content (AvgIpc) is 3.20. The molecule has 1 aromatic rings. The van der Waals surface area contributed by atoms with Crippen LogP contribution in [0.3, 0.4) is 0 Å². The van der Waals surface area contributed by atoms with Gasteiger partial charge in [-0.15, -0.1) is 0 Å². The highest BCUT2D eigenvalue weighted by atomic mass is 16.5. The fraction of sp³-hybridized carbons (Fsp3) is 0.682. The predicted octanol–water partition coefficient (Wildman–Crippen LogP) is 2.50. The largest absolute Gasteiger partial charge is 0.497 e. The maximum Gasteiger partial charge on any atom is 0.194 e. The monoisotopic (exact) mass is 388 g/mol. The molecule has 6 heteroatoms. The second kappa shape index (κ2) is 10.7. The average molecular weight is 389 g/mol. The van der Waals surface area contributed by atoms with Gasteiger partial charge in [0.2, 0.25) is 0 Å². The summed E-state index contributed by atoms with van der Waals surface area (Å²) in [6.07, 6.45) is 4.71. The van der Waals surface area contributed by atoms with Crippen LogP contribution in [0.1, 0.15) is 44.3 Å². The van der Waals surface area contributed by atoms with Crippen LogP contribution in [0.5, 0.6) is 5.75 Å². The number of piperidine rings is 1. The number of aliphatic hydroxyl groups excluding tert-OH is 1. The topological polar surface area (TPSA) is 60.3 Å². The number of ether oxygens (including phenoxy) is 1. The third-order valence-electron chi connectivity index (χ3n) is 5.80. The number of likely N-dealkylation sites (tertiary alicyclic amines) is 2. The maximum atomic E-state index is 10.5. The summed E-state index contributed by atoms with van der Waals surface area (Å²) in [6.45, 7) is 9.13. The molecule has 0 spiro atoms. The zero-order chi connectivity index (χ0) is 19.8. The summed E-state index contributed by atoms with van der Waals surface area (Å²) in [7, 11) is 1.65. The second-order valence-electron chi connectivity index (χ2n) is 7.95. The molecular weight excluding hydrogens is 352 g/mol. The minimum absolute atomic E-state index is 0.363. The molecule has 2 heterocycles. The van der Waals surface area contributed by atoms with Crippen LogP contribution in [0.4, 0.5) is 0 Å². The van der Waals surface area contributed by atoms with Crippen molar-refractivity contribution in [2.45, 2.75) is 38.7 Å². The predicted molar refractivity (Wildman–Crippen MR) is 114 cm³/mol. The molecule has 0 amide bonds.